The van der Waals surface area contributed by atoms with Crippen molar-refractivity contribution in [1.82, 2.24) is 4.90 Å². The number of carbonyl (C=O) groups excluding carboxylic acids is 3. The van der Waals surface area contributed by atoms with Crippen molar-refractivity contribution >= 4 is 34.9 Å². The monoisotopic (exact) mass is 562 g/mol. The van der Waals surface area contributed by atoms with Gasteiger partial charge in [-0.2, -0.15) is 0 Å². The third-order valence-electron chi connectivity index (χ3n) is 7.99. The number of aliphatic hydroxyl groups excluding tert-OH is 2. The Bertz CT molecular complexity index is 1390. The highest BCUT2D eigenvalue weighted by Gasteiger charge is 2.64. The van der Waals surface area contributed by atoms with Gasteiger partial charge in [-0.3, -0.25) is 24.1 Å². The van der Waals surface area contributed by atoms with E-state index in [1.807, 2.05) is 0 Å². The predicted molar refractivity (Wildman–Crippen MR) is 138 cm³/mol. The smallest absolute Gasteiger partial charge is 0.320 e. The number of amides is 1. The summed E-state index contributed by atoms with van der Waals surface area (Å²) in [6.45, 7) is 0.0988. The molecule has 216 valence electrons. The fourth-order valence-electron chi connectivity index (χ4n) is 6.07. The van der Waals surface area contributed by atoms with Crippen molar-refractivity contribution in [3.05, 3.63) is 39.9 Å². The number of carboxylic acid groups (broad SMARTS) is 1. The van der Waals surface area contributed by atoms with Crippen LogP contribution >= 0.6 is 0 Å². The zero-order valence-corrected chi connectivity index (χ0v) is 21.8. The highest BCUT2D eigenvalue weighted by Crippen LogP contribution is 2.53. The molecule has 5 atom stereocenters. The first kappa shape index (κ1) is 29.0. The van der Waals surface area contributed by atoms with E-state index in [2.05, 4.69) is 5.32 Å². The van der Waals surface area contributed by atoms with E-state index in [-0.39, 0.29) is 49.0 Å². The zero-order valence-electron chi connectivity index (χ0n) is 21.8. The summed E-state index contributed by atoms with van der Waals surface area (Å²) in [5, 5.41) is 56.2. The Hall–Kier alpha value is -4.01. The number of benzene rings is 1. The number of hydrogen-bond donors (Lipinski definition) is 8. The van der Waals surface area contributed by atoms with Gasteiger partial charge in [0, 0.05) is 29.7 Å². The number of ketones is 2. The number of Topliss-reactive ketones (excluding diaryl/α,β-unsaturated/α-hetero) is 2. The lowest BCUT2D eigenvalue weighted by Crippen LogP contribution is -2.65. The highest BCUT2D eigenvalue weighted by molar-refractivity contribution is 6.24. The number of nitrogens with zero attached hydrogens (tertiary/aromatic N) is 1. The summed E-state index contributed by atoms with van der Waals surface area (Å²) < 4.78 is 15.3. The number of nitrogens with two attached hydrogens (primary N) is 2. The van der Waals surface area contributed by atoms with Gasteiger partial charge < -0.3 is 42.3 Å². The Morgan fingerprint density at radius 2 is 1.90 bits per heavy atom. The number of nitrogens with one attached hydrogen (secondary N) is 1. The summed E-state index contributed by atoms with van der Waals surface area (Å²) in [6.07, 6.45) is 0.0210. The predicted octanol–water partition coefficient (Wildman–Crippen LogP) is -0.293. The molecular weight excluding hydrogens is 531 g/mol. The second kappa shape index (κ2) is 10.2. The van der Waals surface area contributed by atoms with Crippen LogP contribution in [0.5, 0.6) is 5.75 Å². The average Bonchev–Trinajstić information content (AvgIpc) is 2.86. The number of aromatic hydroxyl groups is 1. The molecule has 13 nitrogen and oxygen atoms in total. The quantitative estimate of drug-likeness (QED) is 0.116. The number of carbonyl (C=O) groups is 4. The van der Waals surface area contributed by atoms with Crippen LogP contribution < -0.4 is 16.8 Å². The fourth-order valence-corrected chi connectivity index (χ4v) is 6.07. The minimum absolute atomic E-state index is 0.0958. The number of anilines is 1. The molecule has 14 heteroatoms. The second-order valence-electron chi connectivity index (χ2n) is 10.6. The summed E-state index contributed by atoms with van der Waals surface area (Å²) in [7, 11) is 2.96. The molecule has 1 amide bonds. The van der Waals surface area contributed by atoms with Gasteiger partial charge in [-0.05, 0) is 45.7 Å². The Labute approximate surface area is 227 Å². The second-order valence-corrected chi connectivity index (χ2v) is 10.6. The molecular formula is C26H31FN4O9. The van der Waals surface area contributed by atoms with E-state index in [1.165, 1.54) is 19.0 Å². The van der Waals surface area contributed by atoms with Gasteiger partial charge >= 0.3 is 5.97 Å². The van der Waals surface area contributed by atoms with Gasteiger partial charge in [0.05, 0.1) is 17.3 Å². The summed E-state index contributed by atoms with van der Waals surface area (Å²) >= 11 is 0. The number of primary amides is 1. The third kappa shape index (κ3) is 4.28. The molecule has 0 bridgehead atoms. The van der Waals surface area contributed by atoms with Crippen molar-refractivity contribution in [3.8, 4) is 5.75 Å². The van der Waals surface area contributed by atoms with Gasteiger partial charge in [-0.1, -0.05) is 0 Å². The number of fused-ring (bicyclic) bond motifs is 3. The SMILES string of the molecule is CN(C)[C@@H]1C(=O)C(C(N)=O)=C(O)[C@@]2(O)C(=O)C3=C(O)c4c(O)c(NCCC[C@H](N)C(=O)O)cc(F)c4C[C@H]3C[C@@H]12. The van der Waals surface area contributed by atoms with Crippen LogP contribution in [0.25, 0.3) is 5.76 Å². The van der Waals surface area contributed by atoms with Crippen molar-refractivity contribution in [1.29, 1.82) is 0 Å². The van der Waals surface area contributed by atoms with E-state index < -0.39 is 87.2 Å². The number of rotatable bonds is 8. The molecule has 0 radical (unpaired) electrons. The Morgan fingerprint density at radius 1 is 1.25 bits per heavy atom. The van der Waals surface area contributed by atoms with Crippen LogP contribution in [-0.2, 0) is 25.6 Å². The Kier molecular flexibility index (Phi) is 7.38. The van der Waals surface area contributed by atoms with Crippen LogP contribution in [0.15, 0.2) is 23.0 Å². The molecule has 0 aromatic heterocycles. The molecule has 40 heavy (non-hydrogen) atoms. The largest absolute Gasteiger partial charge is 0.508 e. The maximum Gasteiger partial charge on any atom is 0.320 e. The number of carboxylic acids is 1. The van der Waals surface area contributed by atoms with E-state index in [4.69, 9.17) is 16.6 Å². The van der Waals surface area contributed by atoms with Crippen molar-refractivity contribution in [3.63, 3.8) is 0 Å². The van der Waals surface area contributed by atoms with Gasteiger partial charge in [0.1, 0.15) is 34.7 Å². The van der Waals surface area contributed by atoms with Crippen molar-refractivity contribution < 1.29 is 49.1 Å². The molecule has 4 rings (SSSR count). The van der Waals surface area contributed by atoms with Crippen molar-refractivity contribution in [2.75, 3.05) is 26.0 Å². The van der Waals surface area contributed by atoms with Crippen LogP contribution in [0.1, 0.15) is 30.4 Å². The first-order valence-corrected chi connectivity index (χ1v) is 12.6. The first-order chi connectivity index (χ1) is 18.6. The molecule has 1 aromatic carbocycles. The molecule has 0 heterocycles. The first-order valence-electron chi connectivity index (χ1n) is 12.6. The molecule has 1 aromatic rings. The number of halogens is 1. The van der Waals surface area contributed by atoms with Crippen LogP contribution in [-0.4, -0.2) is 92.2 Å². The molecule has 10 N–H and O–H groups in total. The maximum absolute atomic E-state index is 15.3. The van der Waals surface area contributed by atoms with Gasteiger partial charge in [0.25, 0.3) is 5.91 Å². The number of phenolic OH excluding ortho intramolecular Hbond substituents is 1. The molecule has 0 saturated heterocycles. The van der Waals surface area contributed by atoms with Crippen molar-refractivity contribution in [2.45, 2.75) is 43.4 Å². The van der Waals surface area contributed by atoms with Crippen LogP contribution in [0, 0.1) is 17.7 Å². The molecule has 1 saturated carbocycles. The van der Waals surface area contributed by atoms with Gasteiger partial charge in [0.2, 0.25) is 5.78 Å². The van der Waals surface area contributed by atoms with Crippen LogP contribution in [0.4, 0.5) is 10.1 Å². The summed E-state index contributed by atoms with van der Waals surface area (Å²) in [6, 6.07) is -1.34. The average molecular weight is 563 g/mol. The number of likely N-dealkylation sites (N-methyl/N-ethyl adjacent to an activating group) is 1. The highest BCUT2D eigenvalue weighted by atomic mass is 19.1. The maximum atomic E-state index is 15.3. The van der Waals surface area contributed by atoms with Gasteiger partial charge in [0.15, 0.2) is 11.4 Å². The fraction of sp³-hybridized carbons (Fsp3) is 0.462. The molecule has 1 fully saturated rings. The third-order valence-corrected chi connectivity index (χ3v) is 7.99. The molecule has 3 aliphatic carbocycles. The van der Waals surface area contributed by atoms with Gasteiger partial charge in [-0.15, -0.1) is 0 Å². The van der Waals surface area contributed by atoms with Crippen LogP contribution in [0.2, 0.25) is 0 Å². The topological polar surface area (TPSA) is 237 Å². The van der Waals surface area contributed by atoms with E-state index in [9.17, 15) is 39.6 Å². The number of aliphatic hydroxyl groups is 3. The van der Waals surface area contributed by atoms with E-state index in [0.717, 1.165) is 6.07 Å². The number of phenols is 1. The normalized spacial score (nSPS) is 26.8. The van der Waals surface area contributed by atoms with E-state index in [1.54, 1.807) is 0 Å². The summed E-state index contributed by atoms with van der Waals surface area (Å²) in [5.41, 5.74) is 6.02. The Morgan fingerprint density at radius 3 is 2.48 bits per heavy atom. The molecule has 0 aliphatic heterocycles. The molecule has 0 unspecified atom stereocenters. The lowest BCUT2D eigenvalue weighted by atomic mass is 9.57. The van der Waals surface area contributed by atoms with E-state index in [0.29, 0.717) is 0 Å². The summed E-state index contributed by atoms with van der Waals surface area (Å²) in [4.78, 5) is 51.2. The molecule has 0 spiro atoms. The molecule has 3 aliphatic rings. The lowest BCUT2D eigenvalue weighted by Gasteiger charge is -2.50. The zero-order chi connectivity index (χ0) is 29.8. The van der Waals surface area contributed by atoms with E-state index >= 15 is 4.39 Å². The number of aliphatic carboxylic acids is 1. The Balaban J connectivity index is 1.78. The standard InChI is InChI=1S/C26H31FN4O9/c1-31(2)18-11-7-9-6-10-12(27)8-14(30-5-3-4-13(28)25(38)39)19(32)16(10)20(33)15(9)22(35)26(11,40)23(36)17(21(18)34)24(29)37/h8-9,11,13,18,30,32-33,36,40H,3-7,28H2,1-2H3,(H2,29,37)(H,38,39)/t9-,11-,13-,18-,26-/m0/s1. The minimum Gasteiger partial charge on any atom is -0.508 e. The summed E-state index contributed by atoms with van der Waals surface area (Å²) in [5.74, 6) is -10.2. The van der Waals surface area contributed by atoms with Crippen LogP contribution in [0.3, 0.4) is 0 Å². The minimum atomic E-state index is -2.79. The number of hydrogen-bond acceptors (Lipinski definition) is 11. The van der Waals surface area contributed by atoms with Gasteiger partial charge in [-0.25, -0.2) is 4.39 Å². The van der Waals surface area contributed by atoms with Crippen molar-refractivity contribution in [2.24, 2.45) is 23.3 Å². The lowest BCUT2D eigenvalue weighted by molar-refractivity contribution is -0.153.